The molecule has 0 saturated heterocycles. The van der Waals surface area contributed by atoms with Crippen LogP contribution in [0.1, 0.15) is 35.4 Å². The molecular formula is C16H20N2O2. The number of para-hydroxylation sites is 1. The Morgan fingerprint density at radius 3 is 2.65 bits per heavy atom. The lowest BCUT2D eigenvalue weighted by molar-refractivity contribution is -0.115. The second-order valence-corrected chi connectivity index (χ2v) is 4.93. The number of aromatic nitrogens is 1. The highest BCUT2D eigenvalue weighted by atomic mass is 16.4. The van der Waals surface area contributed by atoms with Gasteiger partial charge in [-0.25, -0.2) is 4.98 Å². The number of nitrogens with zero attached hydrogens (tertiary/aromatic N) is 1. The van der Waals surface area contributed by atoms with E-state index < -0.39 is 0 Å². The molecule has 0 unspecified atom stereocenters. The van der Waals surface area contributed by atoms with Gasteiger partial charge in [-0.2, -0.15) is 0 Å². The zero-order valence-electron chi connectivity index (χ0n) is 12.4. The van der Waals surface area contributed by atoms with E-state index in [4.69, 9.17) is 4.42 Å². The van der Waals surface area contributed by atoms with Crippen LogP contribution in [0.4, 0.5) is 5.69 Å². The summed E-state index contributed by atoms with van der Waals surface area (Å²) in [5.41, 5.74) is 3.90. The minimum absolute atomic E-state index is 0.0757. The Labute approximate surface area is 119 Å². The summed E-state index contributed by atoms with van der Waals surface area (Å²) in [6.07, 6.45) is 1.10. The largest absolute Gasteiger partial charge is 0.445 e. The number of anilines is 1. The van der Waals surface area contributed by atoms with Crippen LogP contribution in [0.25, 0.3) is 0 Å². The maximum Gasteiger partial charge on any atom is 0.232 e. The summed E-state index contributed by atoms with van der Waals surface area (Å²) in [5.74, 6) is 1.15. The number of carbonyl (C=O) groups is 1. The van der Waals surface area contributed by atoms with Crippen molar-refractivity contribution in [3.05, 3.63) is 46.7 Å². The van der Waals surface area contributed by atoms with Crippen LogP contribution >= 0.6 is 0 Å². The third-order valence-electron chi connectivity index (χ3n) is 3.33. The molecule has 0 aliphatic heterocycles. The fourth-order valence-electron chi connectivity index (χ4n) is 2.27. The first-order valence-corrected chi connectivity index (χ1v) is 6.82. The van der Waals surface area contributed by atoms with E-state index in [-0.39, 0.29) is 12.3 Å². The molecule has 0 atom stereocenters. The molecule has 1 amide bonds. The van der Waals surface area contributed by atoms with E-state index in [0.717, 1.165) is 28.9 Å². The van der Waals surface area contributed by atoms with E-state index in [1.807, 2.05) is 32.0 Å². The Kier molecular flexibility index (Phi) is 4.23. The Morgan fingerprint density at radius 1 is 1.30 bits per heavy atom. The molecule has 0 spiro atoms. The predicted octanol–water partition coefficient (Wildman–Crippen LogP) is 3.34. The Morgan fingerprint density at radius 2 is 2.05 bits per heavy atom. The van der Waals surface area contributed by atoms with Crippen LogP contribution in [0.5, 0.6) is 0 Å². The quantitative estimate of drug-likeness (QED) is 0.928. The normalized spacial score (nSPS) is 10.6. The second kappa shape index (κ2) is 5.90. The van der Waals surface area contributed by atoms with Gasteiger partial charge >= 0.3 is 0 Å². The number of amides is 1. The molecule has 0 aliphatic carbocycles. The zero-order valence-corrected chi connectivity index (χ0v) is 12.4. The number of oxazole rings is 1. The zero-order chi connectivity index (χ0) is 14.7. The molecule has 4 nitrogen and oxygen atoms in total. The topological polar surface area (TPSA) is 55.1 Å². The van der Waals surface area contributed by atoms with Gasteiger partial charge < -0.3 is 9.73 Å². The van der Waals surface area contributed by atoms with Gasteiger partial charge in [0.1, 0.15) is 5.76 Å². The molecule has 0 aliphatic rings. The highest BCUT2D eigenvalue weighted by Gasteiger charge is 2.14. The number of hydrogen-bond donors (Lipinski definition) is 1. The van der Waals surface area contributed by atoms with Gasteiger partial charge in [-0.3, -0.25) is 4.79 Å². The van der Waals surface area contributed by atoms with Gasteiger partial charge in [-0.15, -0.1) is 0 Å². The van der Waals surface area contributed by atoms with Crippen molar-refractivity contribution in [1.29, 1.82) is 0 Å². The summed E-state index contributed by atoms with van der Waals surface area (Å²) in [5, 5.41) is 2.99. The highest BCUT2D eigenvalue weighted by molar-refractivity contribution is 5.93. The van der Waals surface area contributed by atoms with Crippen molar-refractivity contribution >= 4 is 11.6 Å². The summed E-state index contributed by atoms with van der Waals surface area (Å²) in [6, 6.07) is 6.04. The SMILES string of the molecule is CCc1cccc(C)c1NC(=O)Cc1oc(C)nc1C. The minimum Gasteiger partial charge on any atom is -0.445 e. The van der Waals surface area contributed by atoms with Gasteiger partial charge in [-0.05, 0) is 31.4 Å². The molecule has 4 heteroatoms. The van der Waals surface area contributed by atoms with Crippen molar-refractivity contribution in [3.63, 3.8) is 0 Å². The molecule has 0 fully saturated rings. The van der Waals surface area contributed by atoms with Crippen LogP contribution in [0.3, 0.4) is 0 Å². The first-order valence-electron chi connectivity index (χ1n) is 6.82. The van der Waals surface area contributed by atoms with Crippen LogP contribution in [0.15, 0.2) is 22.6 Å². The van der Waals surface area contributed by atoms with E-state index in [0.29, 0.717) is 11.7 Å². The minimum atomic E-state index is -0.0757. The molecule has 1 heterocycles. The van der Waals surface area contributed by atoms with Gasteiger partial charge in [0.25, 0.3) is 0 Å². The molecule has 2 aromatic rings. The third-order valence-corrected chi connectivity index (χ3v) is 3.33. The standard InChI is InChI=1S/C16H20N2O2/c1-5-13-8-6-7-10(2)16(13)18-15(19)9-14-11(3)17-12(4)20-14/h6-8H,5,9H2,1-4H3,(H,18,19). The lowest BCUT2D eigenvalue weighted by Crippen LogP contribution is -2.16. The van der Waals surface area contributed by atoms with Gasteiger partial charge in [0.05, 0.1) is 12.1 Å². The summed E-state index contributed by atoms with van der Waals surface area (Å²) < 4.78 is 5.44. The molecule has 2 rings (SSSR count). The fraction of sp³-hybridized carbons (Fsp3) is 0.375. The van der Waals surface area contributed by atoms with Crippen molar-refractivity contribution in [2.24, 2.45) is 0 Å². The van der Waals surface area contributed by atoms with Crippen LogP contribution in [0, 0.1) is 20.8 Å². The Balaban J connectivity index is 2.14. The molecule has 0 bridgehead atoms. The monoisotopic (exact) mass is 272 g/mol. The number of rotatable bonds is 4. The fourth-order valence-corrected chi connectivity index (χ4v) is 2.27. The summed E-state index contributed by atoms with van der Waals surface area (Å²) >= 11 is 0. The number of aryl methyl sites for hydroxylation is 4. The first-order chi connectivity index (χ1) is 9.51. The molecule has 0 radical (unpaired) electrons. The van der Waals surface area contributed by atoms with Crippen molar-refractivity contribution in [1.82, 2.24) is 4.98 Å². The van der Waals surface area contributed by atoms with E-state index >= 15 is 0 Å². The van der Waals surface area contributed by atoms with Gasteiger partial charge in [0.15, 0.2) is 5.89 Å². The van der Waals surface area contributed by atoms with E-state index in [1.54, 1.807) is 6.92 Å². The average molecular weight is 272 g/mol. The van der Waals surface area contributed by atoms with Crippen LogP contribution in [-0.2, 0) is 17.6 Å². The Hall–Kier alpha value is -2.10. The molecular weight excluding hydrogens is 252 g/mol. The maximum absolute atomic E-state index is 12.2. The average Bonchev–Trinajstić information content (AvgIpc) is 2.70. The van der Waals surface area contributed by atoms with Crippen LogP contribution in [0.2, 0.25) is 0 Å². The third kappa shape index (κ3) is 3.07. The highest BCUT2D eigenvalue weighted by Crippen LogP contribution is 2.21. The molecule has 106 valence electrons. The smallest absolute Gasteiger partial charge is 0.232 e. The van der Waals surface area contributed by atoms with Crippen LogP contribution < -0.4 is 5.32 Å². The van der Waals surface area contributed by atoms with Crippen molar-refractivity contribution in [2.45, 2.75) is 40.5 Å². The summed E-state index contributed by atoms with van der Waals surface area (Å²) in [6.45, 7) is 7.71. The molecule has 0 saturated carbocycles. The van der Waals surface area contributed by atoms with E-state index in [2.05, 4.69) is 17.2 Å². The number of nitrogens with one attached hydrogen (secondary N) is 1. The molecule has 1 aromatic carbocycles. The molecule has 20 heavy (non-hydrogen) atoms. The van der Waals surface area contributed by atoms with Crippen molar-refractivity contribution in [2.75, 3.05) is 5.32 Å². The predicted molar refractivity (Wildman–Crippen MR) is 78.9 cm³/mol. The molecule has 1 aromatic heterocycles. The lowest BCUT2D eigenvalue weighted by atomic mass is 10.1. The Bertz CT molecular complexity index is 629. The van der Waals surface area contributed by atoms with Gasteiger partial charge in [0.2, 0.25) is 5.91 Å². The van der Waals surface area contributed by atoms with E-state index in [9.17, 15) is 4.79 Å². The first kappa shape index (κ1) is 14.3. The van der Waals surface area contributed by atoms with Crippen molar-refractivity contribution in [3.8, 4) is 0 Å². The number of hydrogen-bond acceptors (Lipinski definition) is 3. The maximum atomic E-state index is 12.2. The van der Waals surface area contributed by atoms with Gasteiger partial charge in [-0.1, -0.05) is 25.1 Å². The summed E-state index contributed by atoms with van der Waals surface area (Å²) in [4.78, 5) is 16.3. The molecule has 1 N–H and O–H groups in total. The second-order valence-electron chi connectivity index (χ2n) is 4.93. The van der Waals surface area contributed by atoms with E-state index in [1.165, 1.54) is 0 Å². The number of benzene rings is 1. The number of carbonyl (C=O) groups excluding carboxylic acids is 1. The van der Waals surface area contributed by atoms with Crippen molar-refractivity contribution < 1.29 is 9.21 Å². The van der Waals surface area contributed by atoms with Gasteiger partial charge in [0, 0.05) is 12.6 Å². The summed E-state index contributed by atoms with van der Waals surface area (Å²) in [7, 11) is 0. The lowest BCUT2D eigenvalue weighted by Gasteiger charge is -2.12. The van der Waals surface area contributed by atoms with Crippen LogP contribution in [-0.4, -0.2) is 10.9 Å².